The first kappa shape index (κ1) is 37.4. The van der Waals surface area contributed by atoms with E-state index >= 15 is 4.39 Å². The number of hydrogen-bond donors (Lipinski definition) is 1. The van der Waals surface area contributed by atoms with E-state index in [1.807, 2.05) is 19.1 Å². The average Bonchev–Trinajstić information content (AvgIpc) is 3.27. The molecule has 1 saturated heterocycles. The molecule has 2 saturated carbocycles. The van der Waals surface area contributed by atoms with E-state index in [0.29, 0.717) is 51.1 Å². The summed E-state index contributed by atoms with van der Waals surface area (Å²) < 4.78 is 110. The van der Waals surface area contributed by atoms with Crippen LogP contribution in [0.1, 0.15) is 75.8 Å². The lowest BCUT2D eigenvalue weighted by atomic mass is 9.52. The number of alkyl halides is 6. The van der Waals surface area contributed by atoms with Crippen LogP contribution in [0.3, 0.4) is 0 Å². The van der Waals surface area contributed by atoms with E-state index in [1.54, 1.807) is 11.0 Å². The maximum atomic E-state index is 15.6. The number of ether oxygens (including phenoxy) is 3. The molecule has 0 bridgehead atoms. The molecule has 272 valence electrons. The van der Waals surface area contributed by atoms with E-state index in [1.165, 1.54) is 0 Å². The molecular formula is C34H47F6NO6S. The van der Waals surface area contributed by atoms with E-state index in [9.17, 15) is 36.1 Å². The normalized spacial score (nSPS) is 32.7. The van der Waals surface area contributed by atoms with Gasteiger partial charge in [0.2, 0.25) is 0 Å². The molecule has 14 heteroatoms. The standard InChI is InChI=1S/C34H47F6NO6S/c1-21-20-41(11-13-45-21)31(43)47-24-6-7-25-23(18-24)17-22(5-3-15-48(44)16-4-9-33(36,37)34(38,39)40)29-26(25)8-10-32(2)27(29)19-28(35)30(32)46-14-12-42/h6-7,18,21-22,26-30,42H,3-5,8-17,19-20H2,1-2H3/t21?,22-,26-,27+,28?,29-,30+,32+,48?/m1/s1. The van der Waals surface area contributed by atoms with Gasteiger partial charge >= 0.3 is 18.2 Å². The predicted octanol–water partition coefficient (Wildman–Crippen LogP) is 6.82. The minimum Gasteiger partial charge on any atom is -0.410 e. The molecule has 1 N–H and O–H groups in total. The molecular weight excluding hydrogens is 664 g/mol. The third-order valence-electron chi connectivity index (χ3n) is 11.1. The maximum Gasteiger partial charge on any atom is 0.453 e. The molecule has 3 fully saturated rings. The summed E-state index contributed by atoms with van der Waals surface area (Å²) in [5.74, 6) is -4.22. The van der Waals surface area contributed by atoms with Crippen LogP contribution in [0.5, 0.6) is 5.75 Å². The van der Waals surface area contributed by atoms with Crippen LogP contribution in [0.25, 0.3) is 0 Å². The molecule has 3 unspecified atom stereocenters. The molecule has 1 aliphatic heterocycles. The van der Waals surface area contributed by atoms with E-state index in [2.05, 4.69) is 6.92 Å². The Hall–Kier alpha value is -1.90. The van der Waals surface area contributed by atoms with Gasteiger partial charge < -0.3 is 24.2 Å². The number of amides is 1. The van der Waals surface area contributed by atoms with E-state index in [0.717, 1.165) is 24.0 Å². The van der Waals surface area contributed by atoms with E-state index < -0.39 is 59.5 Å². The van der Waals surface area contributed by atoms with Crippen LogP contribution in [0.4, 0.5) is 31.1 Å². The molecule has 1 aromatic carbocycles. The van der Waals surface area contributed by atoms with Gasteiger partial charge in [-0.15, -0.1) is 0 Å². The number of carbonyl (C=O) groups excluding carboxylic acids is 1. The molecule has 0 spiro atoms. The Morgan fingerprint density at radius 3 is 2.65 bits per heavy atom. The fourth-order valence-corrected chi connectivity index (χ4v) is 10.0. The number of benzene rings is 1. The van der Waals surface area contributed by atoms with Gasteiger partial charge in [-0.2, -0.15) is 22.0 Å². The van der Waals surface area contributed by atoms with Crippen LogP contribution < -0.4 is 4.74 Å². The SMILES string of the molecule is CC1CN(C(=O)Oc2ccc3c(c2)C[C@@H](CCCS(=O)CCCC(F)(F)C(F)(F)F)[C@@H]2[C@@H]3CC[C@]3(C)[C@@H](OCCO)C(F)C[C@@H]23)CCO1. The van der Waals surface area contributed by atoms with Crippen LogP contribution in [-0.2, 0) is 26.7 Å². The highest BCUT2D eigenvalue weighted by atomic mass is 32.2. The summed E-state index contributed by atoms with van der Waals surface area (Å²) in [4.78, 5) is 14.5. The summed E-state index contributed by atoms with van der Waals surface area (Å²) in [6.45, 7) is 5.12. The highest BCUT2D eigenvalue weighted by molar-refractivity contribution is 7.84. The van der Waals surface area contributed by atoms with E-state index in [4.69, 9.17) is 14.2 Å². The molecule has 5 rings (SSSR count). The monoisotopic (exact) mass is 711 g/mol. The molecule has 3 aliphatic carbocycles. The lowest BCUT2D eigenvalue weighted by Crippen LogP contribution is -2.48. The predicted molar refractivity (Wildman–Crippen MR) is 167 cm³/mol. The Kier molecular flexibility index (Phi) is 11.8. The van der Waals surface area contributed by atoms with Gasteiger partial charge in [0.15, 0.2) is 0 Å². The average molecular weight is 712 g/mol. The summed E-state index contributed by atoms with van der Waals surface area (Å²) >= 11 is 0. The Bertz CT molecular complexity index is 1300. The number of fused-ring (bicyclic) bond motifs is 5. The topological polar surface area (TPSA) is 85.3 Å². The smallest absolute Gasteiger partial charge is 0.410 e. The Labute approximate surface area is 280 Å². The van der Waals surface area contributed by atoms with Crippen molar-refractivity contribution in [3.8, 4) is 5.75 Å². The van der Waals surface area contributed by atoms with Crippen LogP contribution in [-0.4, -0.2) is 95.2 Å². The highest BCUT2D eigenvalue weighted by Gasteiger charge is 2.61. The largest absolute Gasteiger partial charge is 0.453 e. The number of rotatable bonds is 12. The summed E-state index contributed by atoms with van der Waals surface area (Å²) in [5, 5.41) is 9.37. The molecule has 4 aliphatic rings. The van der Waals surface area contributed by atoms with Gasteiger partial charge in [0.1, 0.15) is 11.9 Å². The maximum absolute atomic E-state index is 15.6. The zero-order chi connectivity index (χ0) is 34.9. The van der Waals surface area contributed by atoms with Crippen molar-refractivity contribution in [2.24, 2.45) is 23.2 Å². The molecule has 48 heavy (non-hydrogen) atoms. The fraction of sp³-hybridized carbons (Fsp3) is 0.794. The second kappa shape index (κ2) is 15.1. The van der Waals surface area contributed by atoms with Gasteiger partial charge in [0, 0.05) is 35.3 Å². The second-order valence-electron chi connectivity index (χ2n) is 14.2. The summed E-state index contributed by atoms with van der Waals surface area (Å²) in [7, 11) is -1.56. The van der Waals surface area contributed by atoms with E-state index in [-0.39, 0.29) is 54.5 Å². The van der Waals surface area contributed by atoms with Gasteiger partial charge in [-0.25, -0.2) is 9.18 Å². The van der Waals surface area contributed by atoms with Gasteiger partial charge in [0.25, 0.3) is 0 Å². The minimum atomic E-state index is -5.63. The van der Waals surface area contributed by atoms with Crippen LogP contribution in [0, 0.1) is 23.2 Å². The van der Waals surface area contributed by atoms with Crippen molar-refractivity contribution in [1.82, 2.24) is 4.90 Å². The first-order valence-corrected chi connectivity index (χ1v) is 18.5. The zero-order valence-electron chi connectivity index (χ0n) is 27.5. The Morgan fingerprint density at radius 2 is 1.94 bits per heavy atom. The van der Waals surface area contributed by atoms with Crippen LogP contribution in [0.15, 0.2) is 18.2 Å². The van der Waals surface area contributed by atoms with Crippen molar-refractivity contribution in [3.05, 3.63) is 29.3 Å². The van der Waals surface area contributed by atoms with Crippen molar-refractivity contribution in [1.29, 1.82) is 0 Å². The van der Waals surface area contributed by atoms with Crippen LogP contribution in [0.2, 0.25) is 0 Å². The molecule has 0 radical (unpaired) electrons. The molecule has 0 aromatic heterocycles. The number of aliphatic hydroxyl groups is 1. The number of morpholine rings is 1. The number of halogens is 6. The second-order valence-corrected chi connectivity index (χ2v) is 15.9. The summed E-state index contributed by atoms with van der Waals surface area (Å²) in [5.41, 5.74) is 1.73. The Morgan fingerprint density at radius 1 is 1.19 bits per heavy atom. The molecule has 7 nitrogen and oxygen atoms in total. The first-order valence-electron chi connectivity index (χ1n) is 17.0. The number of aliphatic hydroxyl groups excluding tert-OH is 1. The molecule has 1 amide bonds. The zero-order valence-corrected chi connectivity index (χ0v) is 28.3. The first-order chi connectivity index (χ1) is 22.6. The molecule has 9 atom stereocenters. The summed E-state index contributed by atoms with van der Waals surface area (Å²) in [6.07, 6.45) is -6.32. The van der Waals surface area contributed by atoms with Crippen molar-refractivity contribution < 1.29 is 54.7 Å². The number of carbonyl (C=O) groups is 1. The number of hydrogen-bond acceptors (Lipinski definition) is 6. The quantitative estimate of drug-likeness (QED) is 0.240. The third kappa shape index (κ3) is 8.01. The summed E-state index contributed by atoms with van der Waals surface area (Å²) in [6, 6.07) is 5.70. The van der Waals surface area contributed by atoms with Crippen molar-refractivity contribution >= 4 is 16.9 Å². The highest BCUT2D eigenvalue weighted by Crippen LogP contribution is 2.64. The van der Waals surface area contributed by atoms with Crippen molar-refractivity contribution in [2.75, 3.05) is 44.4 Å². The van der Waals surface area contributed by atoms with Crippen LogP contribution >= 0.6 is 0 Å². The van der Waals surface area contributed by atoms with Gasteiger partial charge in [-0.1, -0.05) is 13.0 Å². The third-order valence-corrected chi connectivity index (χ3v) is 12.6. The molecule has 1 aromatic rings. The Balaban J connectivity index is 1.31. The van der Waals surface area contributed by atoms with Gasteiger partial charge in [-0.3, -0.25) is 4.21 Å². The number of nitrogens with zero attached hydrogens (tertiary/aromatic N) is 1. The van der Waals surface area contributed by atoms with Crippen molar-refractivity contribution in [3.63, 3.8) is 0 Å². The fourth-order valence-electron chi connectivity index (χ4n) is 8.87. The lowest BCUT2D eigenvalue weighted by Gasteiger charge is -2.53. The van der Waals surface area contributed by atoms with Crippen molar-refractivity contribution in [2.45, 2.75) is 102 Å². The van der Waals surface area contributed by atoms with Gasteiger partial charge in [0.05, 0.1) is 38.6 Å². The minimum absolute atomic E-state index is 0.0102. The molecule has 1 heterocycles. The van der Waals surface area contributed by atoms with Gasteiger partial charge in [-0.05, 0) is 104 Å². The lowest BCUT2D eigenvalue weighted by molar-refractivity contribution is -0.284.